The largest absolute Gasteiger partial charge is 0.456 e. The summed E-state index contributed by atoms with van der Waals surface area (Å²) in [7, 11) is 0. The Bertz CT molecular complexity index is 8850. The van der Waals surface area contributed by atoms with E-state index in [4.69, 9.17) is 31.0 Å². The number of halogens is 1. The second-order valence-electron chi connectivity index (χ2n) is 31.5. The van der Waals surface area contributed by atoms with E-state index in [1.165, 1.54) is 135 Å². The van der Waals surface area contributed by atoms with Crippen LogP contribution in [0.1, 0.15) is 11.1 Å². The van der Waals surface area contributed by atoms with Gasteiger partial charge in [0.05, 0.1) is 60.2 Å². The molecule has 7 aromatic heterocycles. The average molecular weight is 1580 g/mol. The summed E-state index contributed by atoms with van der Waals surface area (Å²) in [5.74, 6) is 0.667. The second-order valence-corrected chi connectivity index (χ2v) is 32.8. The van der Waals surface area contributed by atoms with Crippen molar-refractivity contribution in [2.24, 2.45) is 0 Å². The fraction of sp³-hybridized carbons (Fsp3) is 0.00901. The number of thiophene rings is 1. The number of hydrogen-bond donors (Lipinski definition) is 0. The van der Waals surface area contributed by atoms with E-state index in [0.717, 1.165) is 112 Å². The number of rotatable bonds is 6. The van der Waals surface area contributed by atoms with E-state index in [1.807, 2.05) is 29.5 Å². The molecule has 7 heterocycles. The molecule has 0 atom stereocenters. The third kappa shape index (κ3) is 10.7. The Hall–Kier alpha value is -15.4. The number of furan rings is 1. The zero-order chi connectivity index (χ0) is 79.5. The van der Waals surface area contributed by atoms with E-state index < -0.39 is 0 Å². The molecule has 26 aromatic rings. The van der Waals surface area contributed by atoms with E-state index in [0.29, 0.717) is 5.95 Å². The Morgan fingerprint density at radius 1 is 0.298 bits per heavy atom. The van der Waals surface area contributed by atoms with Crippen LogP contribution in [0.3, 0.4) is 0 Å². The molecule has 27 rings (SSSR count). The zero-order valence-corrected chi connectivity index (χ0v) is 66.6. The van der Waals surface area contributed by atoms with Crippen molar-refractivity contribution < 1.29 is 4.42 Å². The van der Waals surface area contributed by atoms with Crippen LogP contribution in [0.2, 0.25) is 5.28 Å². The fourth-order valence-electron chi connectivity index (χ4n) is 19.7. The molecule has 10 heteroatoms. The van der Waals surface area contributed by atoms with Gasteiger partial charge in [-0.1, -0.05) is 291 Å². The average Bonchev–Trinajstić information content (AvgIpc) is 1.54. The number of aromatic nitrogens is 7. The smallest absolute Gasteiger partial charge is 0.235 e. The van der Waals surface area contributed by atoms with Gasteiger partial charge in [-0.2, -0.15) is 0 Å². The number of hydrogen-bond acceptors (Lipinski definition) is 6. The van der Waals surface area contributed by atoms with Gasteiger partial charge in [0.15, 0.2) is 0 Å². The highest BCUT2D eigenvalue weighted by molar-refractivity contribution is 7.27. The summed E-state index contributed by atoms with van der Waals surface area (Å²) in [6.45, 7) is 0. The first-order valence-electron chi connectivity index (χ1n) is 41.0. The molecule has 0 bridgehead atoms. The topological polar surface area (TPSA) is 79.5 Å². The Balaban J connectivity index is 0.000000108. The van der Waals surface area contributed by atoms with E-state index in [2.05, 4.69) is 389 Å². The van der Waals surface area contributed by atoms with Crippen molar-refractivity contribution in [1.29, 1.82) is 0 Å². The molecule has 0 N–H and O–H groups in total. The van der Waals surface area contributed by atoms with Crippen molar-refractivity contribution in [1.82, 2.24) is 33.6 Å². The lowest BCUT2D eigenvalue weighted by molar-refractivity contribution is 0.665. The Morgan fingerprint density at radius 2 is 0.760 bits per heavy atom. The van der Waals surface area contributed by atoms with Crippen LogP contribution in [0.25, 0.3) is 235 Å². The van der Waals surface area contributed by atoms with Crippen molar-refractivity contribution in [3.05, 3.63) is 405 Å². The highest BCUT2D eigenvalue weighted by Crippen LogP contribution is 2.52. The van der Waals surface area contributed by atoms with Crippen molar-refractivity contribution in [3.63, 3.8) is 0 Å². The molecule has 1 aliphatic carbocycles. The van der Waals surface area contributed by atoms with Crippen molar-refractivity contribution in [2.45, 2.75) is 6.42 Å². The molecule has 121 heavy (non-hydrogen) atoms. The SMILES string of the molecule is Clc1nc(-c2ccc3c(c2)c2ccccc2n3-c2ccccc2)c2c(ccc3ccccc32)n1.c1ccc(-c2ccc3c(c2)-c2c(c4oc5ccccc5c4c4ccccc24)C3)cc1.c1ccc(-n2c3ccccc3c3cc(-c4nc(-n5c6ccccc6c6c7ccccc7c7c8ccccc8sc7c65)nc5ccc6ccccc6c45)ccc32)cc1. The van der Waals surface area contributed by atoms with Crippen LogP contribution in [-0.2, 0) is 6.42 Å². The van der Waals surface area contributed by atoms with Gasteiger partial charge >= 0.3 is 0 Å². The lowest BCUT2D eigenvalue weighted by Gasteiger charge is -2.14. The molecule has 8 nitrogen and oxygen atoms in total. The molecule has 0 spiro atoms. The molecule has 0 aliphatic heterocycles. The number of fused-ring (bicyclic) bond motifs is 32. The third-order valence-electron chi connectivity index (χ3n) is 24.9. The summed E-state index contributed by atoms with van der Waals surface area (Å²) >= 11 is 8.26. The summed E-state index contributed by atoms with van der Waals surface area (Å²) in [5, 5.41) is 24.3. The van der Waals surface area contributed by atoms with Crippen LogP contribution in [0.15, 0.2) is 393 Å². The minimum absolute atomic E-state index is 0.254. The lowest BCUT2D eigenvalue weighted by atomic mass is 9.93. The van der Waals surface area contributed by atoms with E-state index in [9.17, 15) is 0 Å². The maximum atomic E-state index is 6.45. The van der Waals surface area contributed by atoms with Crippen LogP contribution >= 0.6 is 22.9 Å². The number of benzene rings is 19. The highest BCUT2D eigenvalue weighted by Gasteiger charge is 2.30. The maximum absolute atomic E-state index is 6.45. The first kappa shape index (κ1) is 68.8. The van der Waals surface area contributed by atoms with Gasteiger partial charge in [-0.3, -0.25) is 4.57 Å². The van der Waals surface area contributed by atoms with Gasteiger partial charge in [0.1, 0.15) is 11.2 Å². The third-order valence-corrected chi connectivity index (χ3v) is 26.2. The maximum Gasteiger partial charge on any atom is 0.235 e. The predicted molar refractivity (Wildman–Crippen MR) is 508 cm³/mol. The lowest BCUT2D eigenvalue weighted by Crippen LogP contribution is -2.04. The highest BCUT2D eigenvalue weighted by atomic mass is 35.5. The molecule has 564 valence electrons. The molecule has 19 aromatic carbocycles. The van der Waals surface area contributed by atoms with Crippen LogP contribution in [-0.4, -0.2) is 33.6 Å². The number of para-hydroxylation sites is 6. The first-order chi connectivity index (χ1) is 60.0. The minimum Gasteiger partial charge on any atom is -0.456 e. The van der Waals surface area contributed by atoms with Gasteiger partial charge in [-0.25, -0.2) is 19.9 Å². The van der Waals surface area contributed by atoms with Gasteiger partial charge in [-0.05, 0) is 180 Å². The molecule has 0 saturated carbocycles. The van der Waals surface area contributed by atoms with Crippen molar-refractivity contribution in [3.8, 4) is 62.1 Å². The van der Waals surface area contributed by atoms with Crippen LogP contribution in [0, 0.1) is 0 Å². The van der Waals surface area contributed by atoms with Crippen molar-refractivity contribution >= 4 is 195 Å². The summed E-state index contributed by atoms with van der Waals surface area (Å²) in [5.41, 5.74) is 24.7. The number of nitrogens with zero attached hydrogens (tertiary/aromatic N) is 7. The van der Waals surface area contributed by atoms with E-state index >= 15 is 0 Å². The fourth-order valence-corrected chi connectivity index (χ4v) is 21.2. The monoisotopic (exact) mass is 1580 g/mol. The van der Waals surface area contributed by atoms with Gasteiger partial charge in [0.2, 0.25) is 11.2 Å². The first-order valence-corrected chi connectivity index (χ1v) is 42.2. The molecular weight excluding hydrogens is 1510 g/mol. The van der Waals surface area contributed by atoms with E-state index in [1.54, 1.807) is 0 Å². The van der Waals surface area contributed by atoms with Crippen molar-refractivity contribution in [2.75, 3.05) is 0 Å². The normalized spacial score (nSPS) is 12.1. The summed E-state index contributed by atoms with van der Waals surface area (Å²) in [6.07, 6.45) is 0.918. The molecule has 0 unspecified atom stereocenters. The Kier molecular flexibility index (Phi) is 15.6. The Morgan fingerprint density at radius 3 is 1.38 bits per heavy atom. The summed E-state index contributed by atoms with van der Waals surface area (Å²) < 4.78 is 16.0. The van der Waals surface area contributed by atoms with Gasteiger partial charge in [0, 0.05) is 104 Å². The predicted octanol–water partition coefficient (Wildman–Crippen LogP) is 30.3. The molecule has 0 amide bonds. The zero-order valence-electron chi connectivity index (χ0n) is 65.0. The Labute approximate surface area is 701 Å². The molecule has 1 aliphatic rings. The van der Waals surface area contributed by atoms with Gasteiger partial charge < -0.3 is 13.6 Å². The molecule has 0 saturated heterocycles. The van der Waals surface area contributed by atoms with Crippen LogP contribution in [0.5, 0.6) is 0 Å². The quantitative estimate of drug-likeness (QED) is 0.122. The second kappa shape index (κ2) is 27.4. The minimum atomic E-state index is 0.254. The van der Waals surface area contributed by atoms with Gasteiger partial charge in [0.25, 0.3) is 0 Å². The molecule has 0 radical (unpaired) electrons. The van der Waals surface area contributed by atoms with Gasteiger partial charge in [-0.15, -0.1) is 11.3 Å². The summed E-state index contributed by atoms with van der Waals surface area (Å²) in [6, 6.07) is 138. The van der Waals surface area contributed by atoms with Crippen LogP contribution < -0.4 is 0 Å². The molecule has 0 fully saturated rings. The van der Waals surface area contributed by atoms with Crippen LogP contribution in [0.4, 0.5) is 0 Å². The molecular formula is C111H66ClN7OS. The van der Waals surface area contributed by atoms with E-state index in [-0.39, 0.29) is 5.28 Å². The summed E-state index contributed by atoms with van der Waals surface area (Å²) in [4.78, 5) is 20.4. The standard InChI is InChI=1S/C52H30N4S.C30H18ClN3.C29H18O/c1-2-15-33(16-3-1)55-42-23-11-8-18-35(42)40-30-32(27-29-44(40)55)49-48-34-17-5-4-14-31(34)26-28-41(48)53-52(54-49)56-43-24-12-9-21-38(43)46-36-19-6-7-20-37(36)47-39-22-10-13-25-45(39)57-51(47)50(46)56;31-30-32-25-16-14-19-8-4-5-11-22(19)28(25)29(33-30)20-15-17-27-24(18-20)23-12-6-7-13-26(23)34(27)21-9-2-1-3-10-21;1-2-8-18(9-3-1)19-14-15-20-17-25-27(24(20)16-19)21-10-4-5-11-22(21)28-23-12-6-7-13-26(23)30-29(25)28/h1-30H;1-18H;1-16H,17H2.